The Labute approximate surface area is 173 Å². The normalized spacial score (nSPS) is 22.4. The fourth-order valence-electron chi connectivity index (χ4n) is 3.54. The molecule has 0 spiro atoms. The van der Waals surface area contributed by atoms with Crippen LogP contribution in [0.15, 0.2) is 41.1 Å². The molecule has 0 bridgehead atoms. The average Bonchev–Trinajstić information content (AvgIpc) is 3.16. The molecule has 1 unspecified atom stereocenters. The summed E-state index contributed by atoms with van der Waals surface area (Å²) in [5.41, 5.74) is 0.765. The number of carbonyl (C=O) groups excluding carboxylic acids is 1. The summed E-state index contributed by atoms with van der Waals surface area (Å²) in [5, 5.41) is 18.1. The maximum absolute atomic E-state index is 12.3. The highest BCUT2D eigenvalue weighted by Crippen LogP contribution is 2.37. The number of carbonyl (C=O) groups is 1. The molecule has 1 atom stereocenters. The molecule has 5 rings (SSSR count). The lowest BCUT2D eigenvalue weighted by Crippen LogP contribution is -2.35. The van der Waals surface area contributed by atoms with E-state index in [1.165, 1.54) is 4.90 Å². The van der Waals surface area contributed by atoms with Crippen molar-refractivity contribution in [2.75, 3.05) is 18.9 Å². The number of likely N-dealkylation sites (tertiary alicyclic amines) is 1. The number of rotatable bonds is 5. The number of nitrogens with one attached hydrogen (secondary N) is 1. The van der Waals surface area contributed by atoms with Gasteiger partial charge in [0.15, 0.2) is 5.76 Å². The van der Waals surface area contributed by atoms with Crippen LogP contribution in [0, 0.1) is 0 Å². The zero-order valence-electron chi connectivity index (χ0n) is 16.8. The van der Waals surface area contributed by atoms with Crippen molar-refractivity contribution in [1.29, 1.82) is 0 Å². The van der Waals surface area contributed by atoms with Crippen molar-refractivity contribution >= 4 is 11.9 Å². The van der Waals surface area contributed by atoms with Gasteiger partial charge in [-0.05, 0) is 38.0 Å². The van der Waals surface area contributed by atoms with Crippen molar-refractivity contribution in [3.8, 4) is 22.8 Å². The van der Waals surface area contributed by atoms with E-state index in [1.807, 2.05) is 12.1 Å². The van der Waals surface area contributed by atoms with Gasteiger partial charge in [-0.25, -0.2) is 15.0 Å². The van der Waals surface area contributed by atoms with Crippen LogP contribution in [0.5, 0.6) is 0 Å². The van der Waals surface area contributed by atoms with E-state index in [0.29, 0.717) is 35.3 Å². The molecule has 1 aliphatic carbocycles. The molecular weight excluding hydrogens is 384 g/mol. The van der Waals surface area contributed by atoms with Gasteiger partial charge in [0.05, 0.1) is 17.1 Å². The summed E-state index contributed by atoms with van der Waals surface area (Å²) in [6.07, 6.45) is 4.18. The van der Waals surface area contributed by atoms with E-state index < -0.39 is 11.5 Å². The van der Waals surface area contributed by atoms with Gasteiger partial charge in [0, 0.05) is 37.8 Å². The molecule has 9 nitrogen and oxygen atoms in total. The Morgan fingerprint density at radius 3 is 2.53 bits per heavy atom. The largest absolute Gasteiger partial charge is 0.373 e. The molecule has 154 valence electrons. The maximum Gasteiger partial charge on any atom is 0.262 e. The highest BCUT2D eigenvalue weighted by atomic mass is 16.5. The third-order valence-electron chi connectivity index (χ3n) is 5.77. The molecule has 9 heteroatoms. The van der Waals surface area contributed by atoms with E-state index in [1.54, 1.807) is 31.4 Å². The van der Waals surface area contributed by atoms with E-state index in [9.17, 15) is 9.90 Å². The Balaban J connectivity index is 1.43. The molecule has 1 amide bonds. The van der Waals surface area contributed by atoms with Crippen LogP contribution in [0.25, 0.3) is 22.8 Å². The minimum atomic E-state index is -1.68. The van der Waals surface area contributed by atoms with Crippen LogP contribution in [-0.2, 0) is 10.4 Å². The van der Waals surface area contributed by atoms with Crippen LogP contribution in [0.4, 0.5) is 5.95 Å². The van der Waals surface area contributed by atoms with Crippen molar-refractivity contribution in [3.63, 3.8) is 0 Å². The fourth-order valence-corrected chi connectivity index (χ4v) is 3.54. The van der Waals surface area contributed by atoms with Gasteiger partial charge in [-0.15, -0.1) is 0 Å². The van der Waals surface area contributed by atoms with Crippen LogP contribution >= 0.6 is 0 Å². The summed E-state index contributed by atoms with van der Waals surface area (Å²) in [7, 11) is 1.65. The predicted octanol–water partition coefficient (Wildman–Crippen LogP) is 2.21. The average molecular weight is 406 g/mol. The van der Waals surface area contributed by atoms with E-state index in [2.05, 4.69) is 32.3 Å². The van der Waals surface area contributed by atoms with Gasteiger partial charge in [-0.2, -0.15) is 0 Å². The Hall–Kier alpha value is -3.33. The summed E-state index contributed by atoms with van der Waals surface area (Å²) < 4.78 is 5.33. The molecule has 1 saturated carbocycles. The maximum atomic E-state index is 12.3. The molecular formula is C21H22N6O3. The van der Waals surface area contributed by atoms with E-state index in [4.69, 9.17) is 4.52 Å². The summed E-state index contributed by atoms with van der Waals surface area (Å²) >= 11 is 0. The number of amides is 1. The fraction of sp³-hybridized carbons (Fsp3) is 0.381. The lowest BCUT2D eigenvalue weighted by atomic mass is 9.98. The molecule has 0 aromatic carbocycles. The first kappa shape index (κ1) is 18.7. The summed E-state index contributed by atoms with van der Waals surface area (Å²) in [6, 6.07) is 8.88. The number of likely N-dealkylation sites (N-methyl/N-ethyl adjacent to an activating group) is 1. The van der Waals surface area contributed by atoms with Crippen molar-refractivity contribution in [1.82, 2.24) is 25.0 Å². The Morgan fingerprint density at radius 1 is 1.10 bits per heavy atom. The van der Waals surface area contributed by atoms with Crippen molar-refractivity contribution in [2.45, 2.75) is 37.3 Å². The first-order valence-corrected chi connectivity index (χ1v) is 9.91. The van der Waals surface area contributed by atoms with Gasteiger partial charge in [-0.1, -0.05) is 11.2 Å². The molecule has 3 aromatic rings. The highest BCUT2D eigenvalue weighted by Gasteiger charge is 2.48. The van der Waals surface area contributed by atoms with Crippen LogP contribution in [0.2, 0.25) is 0 Å². The molecule has 2 aliphatic rings. The van der Waals surface area contributed by atoms with Gasteiger partial charge in [0.2, 0.25) is 11.5 Å². The molecule has 0 radical (unpaired) electrons. The second kappa shape index (κ2) is 6.60. The van der Waals surface area contributed by atoms with Gasteiger partial charge in [0.25, 0.3) is 5.91 Å². The second-order valence-corrected chi connectivity index (χ2v) is 8.27. The number of pyridine rings is 1. The summed E-state index contributed by atoms with van der Waals surface area (Å²) in [4.78, 5) is 27.3. The zero-order valence-corrected chi connectivity index (χ0v) is 16.8. The molecule has 4 heterocycles. The SMILES string of the molecule is CN1CCC(O)(c2cc(-c3cccc(-c4ccnc(NC5(C)CC5)n4)n3)no2)C1=O. The monoisotopic (exact) mass is 406 g/mol. The standard InChI is InChI=1S/C21H22N6O3/c1-20(7-8-20)25-19-22-10-6-15(24-19)13-4-3-5-14(23-13)16-12-17(30-26-16)21(29)9-11-27(2)18(21)28/h3-6,10,12,29H,7-9,11H2,1-2H3,(H,22,24,25). The topological polar surface area (TPSA) is 117 Å². The molecule has 1 saturated heterocycles. The predicted molar refractivity (Wildman–Crippen MR) is 108 cm³/mol. The quantitative estimate of drug-likeness (QED) is 0.662. The van der Waals surface area contributed by atoms with E-state index in [0.717, 1.165) is 12.8 Å². The minimum absolute atomic E-state index is 0.0804. The first-order valence-electron chi connectivity index (χ1n) is 9.91. The zero-order chi connectivity index (χ0) is 20.9. The van der Waals surface area contributed by atoms with Crippen molar-refractivity contribution < 1.29 is 14.4 Å². The number of nitrogens with zero attached hydrogens (tertiary/aromatic N) is 5. The smallest absolute Gasteiger partial charge is 0.262 e. The molecule has 3 aromatic heterocycles. The van der Waals surface area contributed by atoms with E-state index in [-0.39, 0.29) is 17.7 Å². The first-order chi connectivity index (χ1) is 14.4. The van der Waals surface area contributed by atoms with Crippen LogP contribution in [0.3, 0.4) is 0 Å². The third kappa shape index (κ3) is 3.21. The van der Waals surface area contributed by atoms with Crippen LogP contribution < -0.4 is 5.32 Å². The lowest BCUT2D eigenvalue weighted by molar-refractivity contribution is -0.144. The van der Waals surface area contributed by atoms with Crippen LogP contribution in [0.1, 0.15) is 31.9 Å². The van der Waals surface area contributed by atoms with Gasteiger partial charge in [0.1, 0.15) is 5.69 Å². The van der Waals surface area contributed by atoms with Gasteiger partial charge in [-0.3, -0.25) is 4.79 Å². The Bertz CT molecular complexity index is 1130. The summed E-state index contributed by atoms with van der Waals surface area (Å²) in [5.74, 6) is 0.317. The lowest BCUT2D eigenvalue weighted by Gasteiger charge is -2.16. The second-order valence-electron chi connectivity index (χ2n) is 8.27. The van der Waals surface area contributed by atoms with Gasteiger partial charge < -0.3 is 19.8 Å². The Kier molecular flexibility index (Phi) is 4.11. The number of anilines is 1. The van der Waals surface area contributed by atoms with Crippen molar-refractivity contribution in [3.05, 3.63) is 42.3 Å². The third-order valence-corrected chi connectivity index (χ3v) is 5.77. The number of hydrogen-bond acceptors (Lipinski definition) is 8. The van der Waals surface area contributed by atoms with Crippen LogP contribution in [-0.4, -0.2) is 55.2 Å². The van der Waals surface area contributed by atoms with E-state index >= 15 is 0 Å². The molecule has 2 fully saturated rings. The molecule has 2 N–H and O–H groups in total. The molecule has 30 heavy (non-hydrogen) atoms. The highest BCUT2D eigenvalue weighted by molar-refractivity contribution is 5.87. The summed E-state index contributed by atoms with van der Waals surface area (Å²) in [6.45, 7) is 2.60. The number of aromatic nitrogens is 4. The Morgan fingerprint density at radius 2 is 1.83 bits per heavy atom. The minimum Gasteiger partial charge on any atom is -0.373 e. The number of hydrogen-bond donors (Lipinski definition) is 2. The van der Waals surface area contributed by atoms with Crippen molar-refractivity contribution in [2.24, 2.45) is 0 Å². The van der Waals surface area contributed by atoms with Gasteiger partial charge >= 0.3 is 0 Å². The molecule has 1 aliphatic heterocycles. The number of aliphatic hydroxyl groups is 1.